The van der Waals surface area contributed by atoms with Gasteiger partial charge < -0.3 is 13.9 Å². The molecule has 5 heteroatoms. The second-order valence-corrected chi connectivity index (χ2v) is 6.60. The molecule has 1 heterocycles. The van der Waals surface area contributed by atoms with Crippen LogP contribution in [-0.2, 0) is 26.1 Å². The van der Waals surface area contributed by atoms with E-state index >= 15 is 0 Å². The van der Waals surface area contributed by atoms with Crippen LogP contribution in [0.15, 0.2) is 22.1 Å². The van der Waals surface area contributed by atoms with Gasteiger partial charge >= 0.3 is 11.9 Å². The summed E-state index contributed by atoms with van der Waals surface area (Å²) >= 11 is 0. The lowest BCUT2D eigenvalue weighted by Gasteiger charge is -2.39. The maximum Gasteiger partial charge on any atom is 0.341 e. The molecule has 1 aromatic rings. The molecule has 26 heavy (non-hydrogen) atoms. The molecule has 1 unspecified atom stereocenters. The summed E-state index contributed by atoms with van der Waals surface area (Å²) in [6.07, 6.45) is 7.23. The number of carbonyl (C=O) groups excluding carboxylic acids is 2. The zero-order valence-electron chi connectivity index (χ0n) is 16.4. The monoisotopic (exact) mass is 362 g/mol. The van der Waals surface area contributed by atoms with Crippen molar-refractivity contribution in [1.29, 1.82) is 0 Å². The molecule has 1 aliphatic rings. The minimum atomic E-state index is -0.490. The predicted molar refractivity (Wildman–Crippen MR) is 99.2 cm³/mol. The van der Waals surface area contributed by atoms with Crippen molar-refractivity contribution in [3.63, 3.8) is 0 Å². The molecule has 0 bridgehead atoms. The molecule has 0 aromatic carbocycles. The normalized spacial score (nSPS) is 18.8. The van der Waals surface area contributed by atoms with Crippen molar-refractivity contribution in [2.45, 2.75) is 71.6 Å². The number of ether oxygens (including phenoxy) is 2. The lowest BCUT2D eigenvalue weighted by molar-refractivity contribution is -0.140. The van der Waals surface area contributed by atoms with Crippen molar-refractivity contribution in [1.82, 2.24) is 0 Å². The van der Waals surface area contributed by atoms with E-state index in [1.54, 1.807) is 19.9 Å². The molecular formula is C21H30O5. The van der Waals surface area contributed by atoms with E-state index in [2.05, 4.69) is 6.92 Å². The average Bonchev–Trinajstić information content (AvgIpc) is 3.02. The summed E-state index contributed by atoms with van der Waals surface area (Å²) in [5, 5.41) is 0. The van der Waals surface area contributed by atoms with E-state index in [0.29, 0.717) is 42.3 Å². The summed E-state index contributed by atoms with van der Waals surface area (Å²) in [6.45, 7) is 8.33. The Kier molecular flexibility index (Phi) is 7.06. The smallest absolute Gasteiger partial charge is 0.341 e. The molecule has 0 N–H and O–H groups in total. The minimum absolute atomic E-state index is 0.289. The maximum absolute atomic E-state index is 12.4. The molecule has 1 atom stereocenters. The van der Waals surface area contributed by atoms with Gasteiger partial charge in [-0.2, -0.15) is 0 Å². The van der Waals surface area contributed by atoms with Crippen LogP contribution in [0.25, 0.3) is 0 Å². The highest BCUT2D eigenvalue weighted by atomic mass is 16.5. The first-order chi connectivity index (χ1) is 12.5. The fraction of sp³-hybridized carbons (Fsp3) is 0.619. The first kappa shape index (κ1) is 20.3. The topological polar surface area (TPSA) is 65.7 Å². The first-order valence-corrected chi connectivity index (χ1v) is 9.72. The number of furan rings is 1. The minimum Gasteiger partial charge on any atom is -0.464 e. The zero-order chi connectivity index (χ0) is 19.2. The summed E-state index contributed by atoms with van der Waals surface area (Å²) in [5.74, 6) is 0.633. The molecule has 0 spiro atoms. The Balaban J connectivity index is 2.39. The van der Waals surface area contributed by atoms with Gasteiger partial charge in [0.1, 0.15) is 17.1 Å². The average molecular weight is 362 g/mol. The van der Waals surface area contributed by atoms with Crippen molar-refractivity contribution in [2.75, 3.05) is 13.2 Å². The van der Waals surface area contributed by atoms with E-state index in [0.717, 1.165) is 32.1 Å². The lowest BCUT2D eigenvalue weighted by Crippen LogP contribution is -2.39. The van der Waals surface area contributed by atoms with Gasteiger partial charge in [-0.3, -0.25) is 0 Å². The van der Waals surface area contributed by atoms with Gasteiger partial charge in [-0.05, 0) is 32.8 Å². The number of hydrogen-bond acceptors (Lipinski definition) is 5. The molecule has 1 aromatic heterocycles. The Bertz CT molecular complexity index is 670. The molecule has 0 saturated heterocycles. The second kappa shape index (κ2) is 9.06. The molecule has 0 aliphatic heterocycles. The van der Waals surface area contributed by atoms with Gasteiger partial charge in [0.25, 0.3) is 0 Å². The summed E-state index contributed by atoms with van der Waals surface area (Å²) in [4.78, 5) is 24.7. The zero-order valence-corrected chi connectivity index (χ0v) is 16.4. The second-order valence-electron chi connectivity index (χ2n) is 6.60. The van der Waals surface area contributed by atoms with Crippen LogP contribution < -0.4 is 0 Å². The molecule has 5 nitrogen and oxygen atoms in total. The Hall–Kier alpha value is -2.04. The van der Waals surface area contributed by atoms with E-state index in [1.165, 1.54) is 0 Å². The summed E-state index contributed by atoms with van der Waals surface area (Å²) in [5.41, 5.74) is 0.632. The van der Waals surface area contributed by atoms with Crippen molar-refractivity contribution in [3.05, 3.63) is 34.8 Å². The molecule has 144 valence electrons. The van der Waals surface area contributed by atoms with Crippen molar-refractivity contribution in [2.24, 2.45) is 0 Å². The SMILES string of the molecule is CCCCCC1(c2cc(C(=O)OCC)c(CC)o2)CC=C1C(=O)OCC. The van der Waals surface area contributed by atoms with Crippen LogP contribution in [0.2, 0.25) is 0 Å². The largest absolute Gasteiger partial charge is 0.464 e. The Morgan fingerprint density at radius 3 is 2.31 bits per heavy atom. The number of aryl methyl sites for hydroxylation is 1. The third-order valence-corrected chi connectivity index (χ3v) is 4.97. The van der Waals surface area contributed by atoms with Gasteiger partial charge in [-0.15, -0.1) is 0 Å². The van der Waals surface area contributed by atoms with E-state index in [-0.39, 0.29) is 11.9 Å². The van der Waals surface area contributed by atoms with Crippen molar-refractivity contribution < 1.29 is 23.5 Å². The summed E-state index contributed by atoms with van der Waals surface area (Å²) in [7, 11) is 0. The Labute approximate surface area is 155 Å². The van der Waals surface area contributed by atoms with Gasteiger partial charge in [-0.25, -0.2) is 9.59 Å². The molecule has 0 fully saturated rings. The van der Waals surface area contributed by atoms with E-state index in [9.17, 15) is 9.59 Å². The van der Waals surface area contributed by atoms with Crippen LogP contribution in [-0.4, -0.2) is 25.2 Å². The van der Waals surface area contributed by atoms with E-state index in [4.69, 9.17) is 13.9 Å². The first-order valence-electron chi connectivity index (χ1n) is 9.72. The molecule has 1 aliphatic carbocycles. The van der Waals surface area contributed by atoms with Gasteiger partial charge in [0.15, 0.2) is 0 Å². The quantitative estimate of drug-likeness (QED) is 0.445. The number of esters is 2. The van der Waals surface area contributed by atoms with Gasteiger partial charge in [0.2, 0.25) is 0 Å². The van der Waals surface area contributed by atoms with E-state index in [1.807, 2.05) is 13.0 Å². The fourth-order valence-electron chi connectivity index (χ4n) is 3.52. The number of unbranched alkanes of at least 4 members (excludes halogenated alkanes) is 2. The van der Waals surface area contributed by atoms with Crippen molar-refractivity contribution >= 4 is 11.9 Å². The summed E-state index contributed by atoms with van der Waals surface area (Å²) < 4.78 is 16.5. The van der Waals surface area contributed by atoms with Crippen LogP contribution in [0.3, 0.4) is 0 Å². The third-order valence-electron chi connectivity index (χ3n) is 4.97. The fourth-order valence-corrected chi connectivity index (χ4v) is 3.52. The van der Waals surface area contributed by atoms with Crippen LogP contribution in [0.4, 0.5) is 0 Å². The molecule has 0 saturated carbocycles. The van der Waals surface area contributed by atoms with E-state index < -0.39 is 5.41 Å². The van der Waals surface area contributed by atoms with Crippen LogP contribution in [0.1, 0.15) is 81.7 Å². The molecule has 0 radical (unpaired) electrons. The highest BCUT2D eigenvalue weighted by Crippen LogP contribution is 2.49. The van der Waals surface area contributed by atoms with Crippen LogP contribution in [0.5, 0.6) is 0 Å². The Morgan fingerprint density at radius 2 is 1.77 bits per heavy atom. The standard InChI is InChI=1S/C21H30O5/c1-5-9-10-12-21(13-11-16(21)20(23)25-8-4)18-14-15(17(6-2)26-18)19(22)24-7-3/h11,14H,5-10,12-13H2,1-4H3. The summed E-state index contributed by atoms with van der Waals surface area (Å²) in [6, 6.07) is 1.77. The van der Waals surface area contributed by atoms with Crippen LogP contribution in [0, 0.1) is 0 Å². The van der Waals surface area contributed by atoms with Crippen molar-refractivity contribution in [3.8, 4) is 0 Å². The molecule has 2 rings (SSSR count). The highest BCUT2D eigenvalue weighted by Gasteiger charge is 2.48. The third kappa shape index (κ3) is 3.87. The van der Waals surface area contributed by atoms with Gasteiger partial charge in [0, 0.05) is 12.0 Å². The molecule has 0 amide bonds. The predicted octanol–water partition coefficient (Wildman–Crippen LogP) is 4.73. The molecular weight excluding hydrogens is 332 g/mol. The lowest BCUT2D eigenvalue weighted by atomic mass is 9.64. The number of allylic oxidation sites excluding steroid dienone is 1. The Morgan fingerprint density at radius 1 is 1.08 bits per heavy atom. The number of rotatable bonds is 10. The highest BCUT2D eigenvalue weighted by molar-refractivity contribution is 5.94. The number of hydrogen-bond donors (Lipinski definition) is 0. The van der Waals surface area contributed by atoms with Gasteiger partial charge in [0.05, 0.1) is 18.6 Å². The van der Waals surface area contributed by atoms with Gasteiger partial charge in [-0.1, -0.05) is 39.2 Å². The number of carbonyl (C=O) groups is 2. The van der Waals surface area contributed by atoms with Crippen LogP contribution >= 0.6 is 0 Å². The maximum atomic E-state index is 12.4.